The van der Waals surface area contributed by atoms with Gasteiger partial charge in [-0.2, -0.15) is 4.98 Å². The van der Waals surface area contributed by atoms with Gasteiger partial charge in [-0.3, -0.25) is 0 Å². The highest BCUT2D eigenvalue weighted by Crippen LogP contribution is 2.18. The van der Waals surface area contributed by atoms with Crippen molar-refractivity contribution in [2.24, 2.45) is 0 Å². The zero-order chi connectivity index (χ0) is 15.4. The fraction of sp³-hybridized carbons (Fsp3) is 0.375. The zero-order valence-corrected chi connectivity index (χ0v) is 12.5. The van der Waals surface area contributed by atoms with Crippen LogP contribution in [0.3, 0.4) is 0 Å². The Hall–Kier alpha value is -2.21. The molecule has 1 aliphatic rings. The molecule has 1 aromatic heterocycles. The maximum atomic E-state index is 13.2. The van der Waals surface area contributed by atoms with E-state index in [0.717, 1.165) is 24.3 Å². The van der Waals surface area contributed by atoms with Gasteiger partial charge in [0.15, 0.2) is 0 Å². The van der Waals surface area contributed by atoms with Crippen LogP contribution in [0.5, 0.6) is 5.88 Å². The standard InChI is InChI=1S/C16H18FN3O2/c1-12-9-15(22-11-13-3-2-4-14(17)10-13)19-16(18-12)20-5-7-21-8-6-20/h2-4,9-10H,5-8,11H2,1H3. The zero-order valence-electron chi connectivity index (χ0n) is 12.5. The molecule has 0 amide bonds. The molecule has 1 saturated heterocycles. The Balaban J connectivity index is 1.71. The summed E-state index contributed by atoms with van der Waals surface area (Å²) in [7, 11) is 0. The minimum absolute atomic E-state index is 0.269. The number of benzene rings is 1. The molecule has 2 heterocycles. The Morgan fingerprint density at radius 2 is 2.05 bits per heavy atom. The van der Waals surface area contributed by atoms with Crippen LogP contribution in [0.1, 0.15) is 11.3 Å². The number of morpholine rings is 1. The van der Waals surface area contributed by atoms with Crippen molar-refractivity contribution in [3.63, 3.8) is 0 Å². The first-order valence-electron chi connectivity index (χ1n) is 7.26. The topological polar surface area (TPSA) is 47.5 Å². The molecule has 0 unspecified atom stereocenters. The summed E-state index contributed by atoms with van der Waals surface area (Å²) in [5, 5.41) is 0. The highest BCUT2D eigenvalue weighted by Gasteiger charge is 2.15. The van der Waals surface area contributed by atoms with Gasteiger partial charge in [-0.15, -0.1) is 0 Å². The van der Waals surface area contributed by atoms with E-state index in [2.05, 4.69) is 14.9 Å². The van der Waals surface area contributed by atoms with Crippen LogP contribution in [0.4, 0.5) is 10.3 Å². The molecule has 1 fully saturated rings. The van der Waals surface area contributed by atoms with Crippen LogP contribution in [0, 0.1) is 12.7 Å². The summed E-state index contributed by atoms with van der Waals surface area (Å²) in [5.74, 6) is 0.879. The number of aromatic nitrogens is 2. The van der Waals surface area contributed by atoms with Gasteiger partial charge in [0.25, 0.3) is 0 Å². The van der Waals surface area contributed by atoms with E-state index in [0.29, 0.717) is 25.0 Å². The number of halogens is 1. The van der Waals surface area contributed by atoms with Gasteiger partial charge in [-0.25, -0.2) is 9.37 Å². The van der Waals surface area contributed by atoms with Crippen molar-refractivity contribution in [1.82, 2.24) is 9.97 Å². The van der Waals surface area contributed by atoms with Gasteiger partial charge in [0, 0.05) is 24.8 Å². The minimum Gasteiger partial charge on any atom is -0.473 e. The predicted molar refractivity (Wildman–Crippen MR) is 80.5 cm³/mol. The third-order valence-electron chi connectivity index (χ3n) is 3.39. The molecule has 1 aliphatic heterocycles. The van der Waals surface area contributed by atoms with E-state index in [9.17, 15) is 4.39 Å². The van der Waals surface area contributed by atoms with Crippen LogP contribution >= 0.6 is 0 Å². The van der Waals surface area contributed by atoms with E-state index in [1.165, 1.54) is 12.1 Å². The molecule has 6 heteroatoms. The lowest BCUT2D eigenvalue weighted by atomic mass is 10.2. The maximum Gasteiger partial charge on any atom is 0.229 e. The van der Waals surface area contributed by atoms with Crippen molar-refractivity contribution in [2.75, 3.05) is 31.2 Å². The number of nitrogens with zero attached hydrogens (tertiary/aromatic N) is 3. The van der Waals surface area contributed by atoms with Crippen molar-refractivity contribution in [1.29, 1.82) is 0 Å². The van der Waals surface area contributed by atoms with E-state index in [-0.39, 0.29) is 12.4 Å². The van der Waals surface area contributed by atoms with Crippen LogP contribution in [0.2, 0.25) is 0 Å². The molecule has 0 atom stereocenters. The lowest BCUT2D eigenvalue weighted by Crippen LogP contribution is -2.37. The monoisotopic (exact) mass is 303 g/mol. The largest absolute Gasteiger partial charge is 0.473 e. The van der Waals surface area contributed by atoms with E-state index in [4.69, 9.17) is 9.47 Å². The van der Waals surface area contributed by atoms with Gasteiger partial charge in [0.2, 0.25) is 11.8 Å². The van der Waals surface area contributed by atoms with E-state index < -0.39 is 0 Å². The average Bonchev–Trinajstić information content (AvgIpc) is 2.53. The number of anilines is 1. The number of aryl methyl sites for hydroxylation is 1. The Labute approximate surface area is 128 Å². The van der Waals surface area contributed by atoms with Crippen LogP contribution in [-0.4, -0.2) is 36.3 Å². The maximum absolute atomic E-state index is 13.2. The van der Waals surface area contributed by atoms with Crippen LogP contribution in [-0.2, 0) is 11.3 Å². The summed E-state index contributed by atoms with van der Waals surface area (Å²) >= 11 is 0. The molecule has 0 N–H and O–H groups in total. The van der Waals surface area contributed by atoms with Crippen LogP contribution in [0.25, 0.3) is 0 Å². The Kier molecular flexibility index (Phi) is 4.48. The Bertz CT molecular complexity index is 645. The summed E-state index contributed by atoms with van der Waals surface area (Å²) < 4.78 is 24.2. The van der Waals surface area contributed by atoms with Crippen LogP contribution < -0.4 is 9.64 Å². The molecule has 0 spiro atoms. The number of ether oxygens (including phenoxy) is 2. The molecule has 0 bridgehead atoms. The van der Waals surface area contributed by atoms with Crippen molar-refractivity contribution >= 4 is 5.95 Å². The molecule has 0 saturated carbocycles. The van der Waals surface area contributed by atoms with Crippen LogP contribution in [0.15, 0.2) is 30.3 Å². The lowest BCUT2D eigenvalue weighted by molar-refractivity contribution is 0.122. The fourth-order valence-electron chi connectivity index (χ4n) is 2.29. The summed E-state index contributed by atoms with van der Waals surface area (Å²) in [6.07, 6.45) is 0. The van der Waals surface area contributed by atoms with Crippen molar-refractivity contribution in [3.8, 4) is 5.88 Å². The third-order valence-corrected chi connectivity index (χ3v) is 3.39. The second-order valence-electron chi connectivity index (χ2n) is 5.17. The molecular formula is C16H18FN3O2. The van der Waals surface area contributed by atoms with Crippen molar-refractivity contribution in [3.05, 3.63) is 47.4 Å². The number of rotatable bonds is 4. The number of hydrogen-bond acceptors (Lipinski definition) is 5. The highest BCUT2D eigenvalue weighted by atomic mass is 19.1. The van der Waals surface area contributed by atoms with E-state index in [1.54, 1.807) is 12.1 Å². The first-order valence-corrected chi connectivity index (χ1v) is 7.26. The normalized spacial score (nSPS) is 14.9. The highest BCUT2D eigenvalue weighted by molar-refractivity contribution is 5.34. The molecule has 3 rings (SSSR count). The summed E-state index contributed by atoms with van der Waals surface area (Å²) in [6.45, 7) is 5.07. The Morgan fingerprint density at radius 3 is 2.82 bits per heavy atom. The van der Waals surface area contributed by atoms with Gasteiger partial charge in [0.1, 0.15) is 12.4 Å². The van der Waals surface area contributed by atoms with Gasteiger partial charge >= 0.3 is 0 Å². The lowest BCUT2D eigenvalue weighted by Gasteiger charge is -2.27. The van der Waals surface area contributed by atoms with Gasteiger partial charge in [-0.1, -0.05) is 12.1 Å². The molecule has 5 nitrogen and oxygen atoms in total. The SMILES string of the molecule is Cc1cc(OCc2cccc(F)c2)nc(N2CCOCC2)n1. The Morgan fingerprint density at radius 1 is 1.23 bits per heavy atom. The second kappa shape index (κ2) is 6.70. The van der Waals surface area contributed by atoms with Crippen molar-refractivity contribution < 1.29 is 13.9 Å². The summed E-state index contributed by atoms with van der Waals surface area (Å²) in [6, 6.07) is 8.13. The molecule has 0 aliphatic carbocycles. The quantitative estimate of drug-likeness (QED) is 0.867. The second-order valence-corrected chi connectivity index (χ2v) is 5.17. The molecular weight excluding hydrogens is 285 g/mol. The molecule has 116 valence electrons. The first-order chi connectivity index (χ1) is 10.7. The first kappa shape index (κ1) is 14.7. The van der Waals surface area contributed by atoms with Crippen molar-refractivity contribution in [2.45, 2.75) is 13.5 Å². The van der Waals surface area contributed by atoms with E-state index in [1.807, 2.05) is 13.0 Å². The number of hydrogen-bond donors (Lipinski definition) is 0. The molecule has 22 heavy (non-hydrogen) atoms. The average molecular weight is 303 g/mol. The minimum atomic E-state index is -0.269. The summed E-state index contributed by atoms with van der Waals surface area (Å²) in [4.78, 5) is 11.0. The van der Waals surface area contributed by atoms with Gasteiger partial charge in [0.05, 0.1) is 13.2 Å². The summed E-state index contributed by atoms with van der Waals surface area (Å²) in [5.41, 5.74) is 1.61. The fourth-order valence-corrected chi connectivity index (χ4v) is 2.29. The smallest absolute Gasteiger partial charge is 0.229 e. The van der Waals surface area contributed by atoms with Gasteiger partial charge in [-0.05, 0) is 24.6 Å². The molecule has 2 aromatic rings. The molecule has 1 aromatic carbocycles. The van der Waals surface area contributed by atoms with Gasteiger partial charge < -0.3 is 14.4 Å². The predicted octanol–water partition coefficient (Wildman–Crippen LogP) is 2.34. The third kappa shape index (κ3) is 3.71. The van der Waals surface area contributed by atoms with E-state index >= 15 is 0 Å². The molecule has 0 radical (unpaired) electrons.